The van der Waals surface area contributed by atoms with Gasteiger partial charge in [0.15, 0.2) is 11.2 Å². The molecule has 0 saturated carbocycles. The number of hydrogen-bond donors (Lipinski definition) is 0. The molecule has 0 unspecified atom stereocenters. The summed E-state index contributed by atoms with van der Waals surface area (Å²) >= 11 is 0. The molecular weight excluding hydrogens is 300 g/mol. The van der Waals surface area contributed by atoms with E-state index in [0.29, 0.717) is 11.8 Å². The van der Waals surface area contributed by atoms with E-state index >= 15 is 0 Å². The van der Waals surface area contributed by atoms with Gasteiger partial charge in [0.05, 0.1) is 11.1 Å². The predicted octanol–water partition coefficient (Wildman–Crippen LogP) is 5.10. The molecule has 0 saturated heterocycles. The minimum Gasteiger partial charge on any atom is -0.436 e. The van der Waals surface area contributed by atoms with Gasteiger partial charge in [-0.05, 0) is 36.4 Å². The van der Waals surface area contributed by atoms with E-state index in [1.54, 1.807) is 0 Å². The van der Waals surface area contributed by atoms with Crippen LogP contribution in [0.1, 0.15) is 0 Å². The van der Waals surface area contributed by atoms with Gasteiger partial charge in [-0.3, -0.25) is 0 Å². The molecule has 0 bridgehead atoms. The van der Waals surface area contributed by atoms with Crippen LogP contribution in [0.15, 0.2) is 75.6 Å². The van der Waals surface area contributed by atoms with Gasteiger partial charge < -0.3 is 8.83 Å². The van der Waals surface area contributed by atoms with Crippen LogP contribution >= 0.6 is 0 Å². The lowest BCUT2D eigenvalue weighted by molar-refractivity contribution is 0.611. The van der Waals surface area contributed by atoms with E-state index in [9.17, 15) is 0 Å². The van der Waals surface area contributed by atoms with E-state index in [2.05, 4.69) is 16.0 Å². The van der Waals surface area contributed by atoms with Crippen molar-refractivity contribution in [3.05, 3.63) is 72.8 Å². The molecule has 0 aliphatic carbocycles. The normalized spacial score (nSPS) is 11.3. The fourth-order valence-corrected chi connectivity index (χ4v) is 2.76. The molecule has 113 valence electrons. The summed E-state index contributed by atoms with van der Waals surface area (Å²) in [6.45, 7) is 0. The number of nitrogens with zero attached hydrogens (tertiary/aromatic N) is 2. The third-order valence-electron chi connectivity index (χ3n) is 3.89. The van der Waals surface area contributed by atoms with Gasteiger partial charge in [0.25, 0.3) is 0 Å². The molecule has 1 radical (unpaired) electrons. The van der Waals surface area contributed by atoms with Crippen molar-refractivity contribution in [2.45, 2.75) is 0 Å². The molecule has 4 nitrogen and oxygen atoms in total. The highest BCUT2D eigenvalue weighted by Crippen LogP contribution is 2.33. The Bertz CT molecular complexity index is 1010. The highest BCUT2D eigenvalue weighted by molar-refractivity contribution is 5.83. The Morgan fingerprint density at radius 2 is 1.29 bits per heavy atom. The first-order chi connectivity index (χ1) is 11.9. The second-order valence-corrected chi connectivity index (χ2v) is 5.43. The first-order valence-electron chi connectivity index (χ1n) is 7.61. The molecule has 0 amide bonds. The molecule has 0 aliphatic rings. The van der Waals surface area contributed by atoms with E-state index in [4.69, 9.17) is 8.83 Å². The third kappa shape index (κ3) is 2.01. The molecule has 24 heavy (non-hydrogen) atoms. The summed E-state index contributed by atoms with van der Waals surface area (Å²) in [6.07, 6.45) is 0. The lowest BCUT2D eigenvalue weighted by Gasteiger charge is -2.01. The van der Waals surface area contributed by atoms with Crippen LogP contribution in [0.25, 0.3) is 45.1 Å². The number of rotatable bonds is 2. The van der Waals surface area contributed by atoms with Crippen LogP contribution < -0.4 is 0 Å². The zero-order chi connectivity index (χ0) is 15.9. The van der Waals surface area contributed by atoms with E-state index in [1.165, 1.54) is 0 Å². The van der Waals surface area contributed by atoms with Crippen molar-refractivity contribution in [2.24, 2.45) is 0 Å². The van der Waals surface area contributed by atoms with Crippen molar-refractivity contribution in [3.63, 3.8) is 0 Å². The largest absolute Gasteiger partial charge is 0.436 e. The molecule has 0 spiro atoms. The molecular formula is C20H11N2O2. The molecule has 0 atom stereocenters. The van der Waals surface area contributed by atoms with Crippen LogP contribution in [0.2, 0.25) is 0 Å². The molecule has 2 aromatic heterocycles. The van der Waals surface area contributed by atoms with E-state index in [1.807, 2.05) is 66.7 Å². The molecule has 5 aromatic rings. The van der Waals surface area contributed by atoms with Gasteiger partial charge >= 0.3 is 0 Å². The number of oxazole rings is 2. The van der Waals surface area contributed by atoms with Crippen molar-refractivity contribution < 1.29 is 8.83 Å². The second kappa shape index (κ2) is 5.06. The summed E-state index contributed by atoms with van der Waals surface area (Å²) in [6, 6.07) is 24.2. The summed E-state index contributed by atoms with van der Waals surface area (Å²) in [5.74, 6) is 1.04. The van der Waals surface area contributed by atoms with Crippen LogP contribution in [-0.4, -0.2) is 9.97 Å². The zero-order valence-corrected chi connectivity index (χ0v) is 12.6. The van der Waals surface area contributed by atoms with Crippen molar-refractivity contribution >= 4 is 22.2 Å². The van der Waals surface area contributed by atoms with E-state index in [-0.39, 0.29) is 0 Å². The van der Waals surface area contributed by atoms with Gasteiger partial charge in [0, 0.05) is 0 Å². The number of hydrogen-bond acceptors (Lipinski definition) is 4. The molecule has 5 rings (SSSR count). The molecule has 2 heterocycles. The average Bonchev–Trinajstić information content (AvgIpc) is 3.25. The molecule has 3 aromatic carbocycles. The SMILES string of the molecule is [c]1cccc(-c2nc3ccccc3o2)c1-c1nc2ccccc2o1. The highest BCUT2D eigenvalue weighted by atomic mass is 16.4. The fourth-order valence-electron chi connectivity index (χ4n) is 2.76. The van der Waals surface area contributed by atoms with Gasteiger partial charge in [-0.2, -0.15) is 0 Å². The number of fused-ring (bicyclic) bond motifs is 2. The lowest BCUT2D eigenvalue weighted by atomic mass is 10.1. The number of para-hydroxylation sites is 4. The van der Waals surface area contributed by atoms with Crippen molar-refractivity contribution in [3.8, 4) is 22.9 Å². The summed E-state index contributed by atoms with van der Waals surface area (Å²) in [4.78, 5) is 9.12. The summed E-state index contributed by atoms with van der Waals surface area (Å²) < 4.78 is 11.8. The zero-order valence-electron chi connectivity index (χ0n) is 12.6. The Kier molecular flexibility index (Phi) is 2.76. The quantitative estimate of drug-likeness (QED) is 0.455. The van der Waals surface area contributed by atoms with E-state index < -0.39 is 0 Å². The minimum atomic E-state index is 0.508. The minimum absolute atomic E-state index is 0.508. The average molecular weight is 311 g/mol. The van der Waals surface area contributed by atoms with E-state index in [0.717, 1.165) is 33.3 Å². The summed E-state index contributed by atoms with van der Waals surface area (Å²) in [5, 5.41) is 0. The van der Waals surface area contributed by atoms with Crippen molar-refractivity contribution in [2.75, 3.05) is 0 Å². The van der Waals surface area contributed by atoms with Crippen LogP contribution in [0.3, 0.4) is 0 Å². The third-order valence-corrected chi connectivity index (χ3v) is 3.89. The van der Waals surface area contributed by atoms with Crippen LogP contribution in [-0.2, 0) is 0 Å². The van der Waals surface area contributed by atoms with Gasteiger partial charge in [-0.1, -0.05) is 36.4 Å². The fraction of sp³-hybridized carbons (Fsp3) is 0. The highest BCUT2D eigenvalue weighted by Gasteiger charge is 2.17. The van der Waals surface area contributed by atoms with Crippen LogP contribution in [0, 0.1) is 6.07 Å². The monoisotopic (exact) mass is 311 g/mol. The summed E-state index contributed by atoms with van der Waals surface area (Å²) in [7, 11) is 0. The van der Waals surface area contributed by atoms with Crippen molar-refractivity contribution in [1.29, 1.82) is 0 Å². The van der Waals surface area contributed by atoms with Gasteiger partial charge in [-0.15, -0.1) is 0 Å². The maximum absolute atomic E-state index is 5.89. The molecule has 0 aliphatic heterocycles. The standard InChI is InChI=1S/C20H11N2O2/c1-2-8-14(20-22-16-10-4-6-12-18(16)24-20)13(7-1)19-21-15-9-3-5-11-17(15)23-19/h1-7,9-12H. The first kappa shape index (κ1) is 13.1. The van der Waals surface area contributed by atoms with Gasteiger partial charge in [0.1, 0.15) is 11.0 Å². The Morgan fingerprint density at radius 1 is 0.667 bits per heavy atom. The van der Waals surface area contributed by atoms with Crippen LogP contribution in [0.5, 0.6) is 0 Å². The Hall–Kier alpha value is -3.40. The topological polar surface area (TPSA) is 52.1 Å². The second-order valence-electron chi connectivity index (χ2n) is 5.43. The Labute approximate surface area is 137 Å². The first-order valence-corrected chi connectivity index (χ1v) is 7.61. The van der Waals surface area contributed by atoms with Gasteiger partial charge in [0.2, 0.25) is 11.8 Å². The maximum atomic E-state index is 5.89. The maximum Gasteiger partial charge on any atom is 0.228 e. The van der Waals surface area contributed by atoms with Crippen LogP contribution in [0.4, 0.5) is 0 Å². The number of aromatic nitrogens is 2. The molecule has 4 heteroatoms. The van der Waals surface area contributed by atoms with Crippen molar-refractivity contribution in [1.82, 2.24) is 9.97 Å². The Morgan fingerprint density at radius 3 is 2.00 bits per heavy atom. The lowest BCUT2D eigenvalue weighted by Crippen LogP contribution is -1.85. The molecule has 0 fully saturated rings. The smallest absolute Gasteiger partial charge is 0.228 e. The summed E-state index contributed by atoms with van der Waals surface area (Å²) in [5.41, 5.74) is 4.67. The Balaban J connectivity index is 1.72. The van der Waals surface area contributed by atoms with Gasteiger partial charge in [-0.25, -0.2) is 9.97 Å². The molecule has 0 N–H and O–H groups in total. The number of benzene rings is 3. The predicted molar refractivity (Wildman–Crippen MR) is 91.3 cm³/mol.